The van der Waals surface area contributed by atoms with Crippen molar-refractivity contribution in [3.63, 3.8) is 0 Å². The minimum Gasteiger partial charge on any atom is -0.480 e. The first-order valence-electron chi connectivity index (χ1n) is 7.84. The van der Waals surface area contributed by atoms with Crippen LogP contribution in [0.3, 0.4) is 0 Å². The first-order valence-corrected chi connectivity index (χ1v) is 9.32. The maximum Gasteiger partial charge on any atom is 0.322 e. The number of carboxylic acids is 1. The number of carboxylic acid groups (broad SMARTS) is 1. The summed E-state index contributed by atoms with van der Waals surface area (Å²) in [6.07, 6.45) is 3.67. The zero-order chi connectivity index (χ0) is 17.5. The Bertz CT molecular complexity index is 872. The molecule has 0 unspecified atom stereocenters. The molecule has 130 valence electrons. The first-order chi connectivity index (χ1) is 11.3. The summed E-state index contributed by atoms with van der Waals surface area (Å²) >= 11 is 0. The predicted octanol–water partition coefficient (Wildman–Crippen LogP) is 1.88. The van der Waals surface area contributed by atoms with Crippen molar-refractivity contribution in [3.05, 3.63) is 18.0 Å². The van der Waals surface area contributed by atoms with Crippen LogP contribution in [0.4, 0.5) is 0 Å². The number of pyridine rings is 1. The van der Waals surface area contributed by atoms with Gasteiger partial charge in [-0.15, -0.1) is 0 Å². The number of sulfonamides is 1. The fraction of sp³-hybridized carbons (Fsp3) is 0.533. The van der Waals surface area contributed by atoms with Gasteiger partial charge >= 0.3 is 5.97 Å². The van der Waals surface area contributed by atoms with E-state index in [0.29, 0.717) is 17.5 Å². The van der Waals surface area contributed by atoms with Gasteiger partial charge in [-0.3, -0.25) is 4.79 Å². The zero-order valence-electron chi connectivity index (χ0n) is 13.4. The van der Waals surface area contributed by atoms with Crippen LogP contribution >= 0.6 is 0 Å². The van der Waals surface area contributed by atoms with Gasteiger partial charge in [-0.05, 0) is 24.8 Å². The Labute approximate surface area is 139 Å². The Morgan fingerprint density at radius 3 is 2.79 bits per heavy atom. The molecule has 2 heterocycles. The van der Waals surface area contributed by atoms with Crippen molar-refractivity contribution in [2.45, 2.75) is 50.0 Å². The lowest BCUT2D eigenvalue weighted by molar-refractivity contribution is -0.140. The van der Waals surface area contributed by atoms with E-state index in [0.717, 1.165) is 19.0 Å². The second-order valence-corrected chi connectivity index (χ2v) is 7.90. The second kappa shape index (κ2) is 6.14. The number of hydrogen-bond donors (Lipinski definition) is 2. The molecule has 24 heavy (non-hydrogen) atoms. The van der Waals surface area contributed by atoms with Crippen LogP contribution in [0.2, 0.25) is 0 Å². The first kappa shape index (κ1) is 16.8. The quantitative estimate of drug-likeness (QED) is 0.779. The Morgan fingerprint density at radius 2 is 2.21 bits per heavy atom. The van der Waals surface area contributed by atoms with Crippen molar-refractivity contribution in [3.8, 4) is 0 Å². The molecule has 1 saturated carbocycles. The van der Waals surface area contributed by atoms with Gasteiger partial charge in [0.05, 0.1) is 17.3 Å². The molecule has 0 aromatic carbocycles. The third-order valence-corrected chi connectivity index (χ3v) is 5.78. The molecule has 0 amide bonds. The highest BCUT2D eigenvalue weighted by Crippen LogP contribution is 2.42. The van der Waals surface area contributed by atoms with Crippen LogP contribution in [0.15, 0.2) is 21.7 Å². The fourth-order valence-electron chi connectivity index (χ4n) is 2.51. The maximum atomic E-state index is 12.6. The van der Waals surface area contributed by atoms with E-state index in [9.17, 15) is 18.3 Å². The largest absolute Gasteiger partial charge is 0.480 e. The van der Waals surface area contributed by atoms with E-state index in [1.54, 1.807) is 6.92 Å². The van der Waals surface area contributed by atoms with E-state index in [2.05, 4.69) is 14.9 Å². The van der Waals surface area contributed by atoms with E-state index in [-0.39, 0.29) is 22.4 Å². The molecule has 1 aliphatic carbocycles. The minimum atomic E-state index is -4.01. The summed E-state index contributed by atoms with van der Waals surface area (Å²) in [6, 6.07) is 0.255. The average molecular weight is 353 g/mol. The Balaban J connectivity index is 1.95. The Morgan fingerprint density at radius 1 is 1.50 bits per heavy atom. The minimum absolute atomic E-state index is 0.0883. The summed E-state index contributed by atoms with van der Waals surface area (Å²) in [5, 5.41) is 13.8. The van der Waals surface area contributed by atoms with Gasteiger partial charge in [0, 0.05) is 5.92 Å². The number of carbonyl (C=O) groups is 1. The standard InChI is InChI=1S/C15H19N3O5S/c1-3-8(2)12(15(19)20)18-24(21,22)10-6-11-13(9-4-5-9)17-23-14(11)16-7-10/h6-9,12,18H,3-5H2,1-2H3,(H,19,20)/t8-,12-/m0/s1. The molecule has 0 aliphatic heterocycles. The lowest BCUT2D eigenvalue weighted by atomic mass is 10.0. The molecular weight excluding hydrogens is 334 g/mol. The molecule has 3 rings (SSSR count). The van der Waals surface area contributed by atoms with Gasteiger partial charge in [0.25, 0.3) is 5.71 Å². The molecule has 2 aromatic heterocycles. The van der Waals surface area contributed by atoms with Crippen LogP contribution in [0, 0.1) is 5.92 Å². The van der Waals surface area contributed by atoms with Crippen molar-refractivity contribution >= 4 is 27.1 Å². The lowest BCUT2D eigenvalue weighted by Crippen LogP contribution is -2.44. The molecule has 2 N–H and O–H groups in total. The highest BCUT2D eigenvalue weighted by Gasteiger charge is 2.32. The molecule has 2 atom stereocenters. The van der Waals surface area contributed by atoms with Gasteiger partial charge in [-0.25, -0.2) is 13.4 Å². The van der Waals surface area contributed by atoms with E-state index in [4.69, 9.17) is 4.52 Å². The molecule has 8 nitrogen and oxygen atoms in total. The molecular formula is C15H19N3O5S. The fourth-order valence-corrected chi connectivity index (χ4v) is 3.78. The normalized spacial score (nSPS) is 17.8. The molecule has 0 bridgehead atoms. The van der Waals surface area contributed by atoms with Crippen LogP contribution < -0.4 is 4.72 Å². The van der Waals surface area contributed by atoms with Crippen molar-refractivity contribution in [2.75, 3.05) is 0 Å². The number of aromatic nitrogens is 2. The topological polar surface area (TPSA) is 122 Å². The van der Waals surface area contributed by atoms with Crippen LogP contribution in [0.5, 0.6) is 0 Å². The van der Waals surface area contributed by atoms with Gasteiger partial charge in [0.2, 0.25) is 10.0 Å². The maximum absolute atomic E-state index is 12.6. The Hall–Kier alpha value is -2.00. The van der Waals surface area contributed by atoms with E-state index in [1.165, 1.54) is 6.07 Å². The molecule has 1 aliphatic rings. The number of rotatable bonds is 7. The summed E-state index contributed by atoms with van der Waals surface area (Å²) < 4.78 is 32.5. The van der Waals surface area contributed by atoms with E-state index < -0.39 is 22.0 Å². The zero-order valence-corrected chi connectivity index (χ0v) is 14.2. The summed E-state index contributed by atoms with van der Waals surface area (Å²) in [7, 11) is -4.01. The number of nitrogens with zero attached hydrogens (tertiary/aromatic N) is 2. The Kier molecular flexibility index (Phi) is 4.31. The van der Waals surface area contributed by atoms with E-state index in [1.807, 2.05) is 6.92 Å². The van der Waals surface area contributed by atoms with E-state index >= 15 is 0 Å². The van der Waals surface area contributed by atoms with Gasteiger partial charge in [-0.2, -0.15) is 4.72 Å². The summed E-state index contributed by atoms with van der Waals surface area (Å²) in [5.74, 6) is -1.26. The van der Waals surface area contributed by atoms with Crippen molar-refractivity contribution < 1.29 is 22.8 Å². The number of fused-ring (bicyclic) bond motifs is 1. The smallest absolute Gasteiger partial charge is 0.322 e. The molecule has 9 heteroatoms. The highest BCUT2D eigenvalue weighted by molar-refractivity contribution is 7.89. The molecule has 2 aromatic rings. The number of aliphatic carboxylic acids is 1. The third-order valence-electron chi connectivity index (χ3n) is 4.37. The molecule has 0 saturated heterocycles. The van der Waals surface area contributed by atoms with Crippen LogP contribution in [0.1, 0.15) is 44.7 Å². The van der Waals surface area contributed by atoms with Crippen molar-refractivity contribution in [1.82, 2.24) is 14.9 Å². The lowest BCUT2D eigenvalue weighted by Gasteiger charge is -2.19. The SMILES string of the molecule is CC[C@H](C)[C@H](NS(=O)(=O)c1cnc2onc(C3CC3)c2c1)C(=O)O. The summed E-state index contributed by atoms with van der Waals surface area (Å²) in [6.45, 7) is 3.50. The van der Waals surface area contributed by atoms with Gasteiger partial charge in [0.1, 0.15) is 10.9 Å². The van der Waals surface area contributed by atoms with Crippen molar-refractivity contribution in [1.29, 1.82) is 0 Å². The average Bonchev–Trinajstić information content (AvgIpc) is 3.30. The summed E-state index contributed by atoms with van der Waals surface area (Å²) in [5.41, 5.74) is 0.999. The predicted molar refractivity (Wildman–Crippen MR) is 85.0 cm³/mol. The molecule has 0 spiro atoms. The third kappa shape index (κ3) is 3.13. The van der Waals surface area contributed by atoms with Crippen LogP contribution in [-0.2, 0) is 14.8 Å². The van der Waals surface area contributed by atoms with Crippen LogP contribution in [0.25, 0.3) is 11.1 Å². The number of hydrogen-bond acceptors (Lipinski definition) is 6. The second-order valence-electron chi connectivity index (χ2n) is 6.19. The molecule has 0 radical (unpaired) electrons. The van der Waals surface area contributed by atoms with Gasteiger partial charge in [0.15, 0.2) is 0 Å². The number of nitrogens with one attached hydrogen (secondary N) is 1. The highest BCUT2D eigenvalue weighted by atomic mass is 32.2. The van der Waals surface area contributed by atoms with Crippen LogP contribution in [-0.4, -0.2) is 35.7 Å². The molecule has 1 fully saturated rings. The summed E-state index contributed by atoms with van der Waals surface area (Å²) in [4.78, 5) is 15.3. The van der Waals surface area contributed by atoms with Gasteiger partial charge in [-0.1, -0.05) is 25.4 Å². The van der Waals surface area contributed by atoms with Gasteiger partial charge < -0.3 is 9.63 Å². The van der Waals surface area contributed by atoms with Crippen molar-refractivity contribution in [2.24, 2.45) is 5.92 Å². The monoisotopic (exact) mass is 353 g/mol.